The molecule has 1 nitrogen and oxygen atoms in total. The standard InChI is InChI=1S/C10H20O/c1-3-5-6-7-8-10(4-2)9-11/h9-10H,3-8H2,1-2H3/t10-/m0/s1. The van der Waals surface area contributed by atoms with Crippen LogP contribution in [0.2, 0.25) is 0 Å². The highest BCUT2D eigenvalue weighted by atomic mass is 16.1. The first-order chi connectivity index (χ1) is 5.35. The molecule has 0 rings (SSSR count). The predicted molar refractivity (Wildman–Crippen MR) is 48.6 cm³/mol. The molecule has 0 spiro atoms. The number of rotatable bonds is 7. The largest absolute Gasteiger partial charge is 0.303 e. The first-order valence-corrected chi connectivity index (χ1v) is 4.80. The summed E-state index contributed by atoms with van der Waals surface area (Å²) < 4.78 is 0. The summed E-state index contributed by atoms with van der Waals surface area (Å²) in [5, 5.41) is 0. The van der Waals surface area contributed by atoms with Gasteiger partial charge in [0, 0.05) is 5.92 Å². The lowest BCUT2D eigenvalue weighted by Crippen LogP contribution is -1.99. The molecule has 0 N–H and O–H groups in total. The fourth-order valence-electron chi connectivity index (χ4n) is 1.20. The van der Waals surface area contributed by atoms with Crippen LogP contribution in [0.25, 0.3) is 0 Å². The molecule has 0 amide bonds. The molecule has 66 valence electrons. The maximum absolute atomic E-state index is 10.4. The van der Waals surface area contributed by atoms with E-state index in [0.29, 0.717) is 5.92 Å². The molecule has 0 heterocycles. The third-order valence-electron chi connectivity index (χ3n) is 2.15. The van der Waals surface area contributed by atoms with Crippen LogP contribution < -0.4 is 0 Å². The molecule has 0 aliphatic heterocycles. The van der Waals surface area contributed by atoms with Gasteiger partial charge in [0.1, 0.15) is 6.29 Å². The van der Waals surface area contributed by atoms with Crippen LogP contribution in [0.1, 0.15) is 52.4 Å². The maximum atomic E-state index is 10.4. The Bertz CT molecular complexity index is 88.9. The lowest BCUT2D eigenvalue weighted by Gasteiger charge is -2.05. The van der Waals surface area contributed by atoms with Crippen LogP contribution in [0.3, 0.4) is 0 Å². The average Bonchev–Trinajstić information content (AvgIpc) is 2.05. The van der Waals surface area contributed by atoms with E-state index < -0.39 is 0 Å². The van der Waals surface area contributed by atoms with E-state index in [2.05, 4.69) is 13.8 Å². The van der Waals surface area contributed by atoms with Crippen LogP contribution in [0.5, 0.6) is 0 Å². The normalized spacial score (nSPS) is 12.9. The highest BCUT2D eigenvalue weighted by Gasteiger charge is 2.02. The van der Waals surface area contributed by atoms with E-state index in [9.17, 15) is 4.79 Å². The first-order valence-electron chi connectivity index (χ1n) is 4.80. The molecule has 0 bridgehead atoms. The maximum Gasteiger partial charge on any atom is 0.123 e. The Morgan fingerprint density at radius 1 is 1.18 bits per heavy atom. The van der Waals surface area contributed by atoms with E-state index in [1.165, 1.54) is 25.7 Å². The Kier molecular flexibility index (Phi) is 7.54. The SMILES string of the molecule is CCCCCC[C@@H](C=O)CC. The second-order valence-electron chi connectivity index (χ2n) is 3.15. The van der Waals surface area contributed by atoms with Gasteiger partial charge in [-0.25, -0.2) is 0 Å². The monoisotopic (exact) mass is 156 g/mol. The van der Waals surface area contributed by atoms with Crippen molar-refractivity contribution >= 4 is 6.29 Å². The Hall–Kier alpha value is -0.330. The first kappa shape index (κ1) is 10.7. The van der Waals surface area contributed by atoms with Gasteiger partial charge in [0.05, 0.1) is 0 Å². The summed E-state index contributed by atoms with van der Waals surface area (Å²) in [6, 6.07) is 0. The Morgan fingerprint density at radius 2 is 1.91 bits per heavy atom. The summed E-state index contributed by atoms with van der Waals surface area (Å²) in [5.41, 5.74) is 0. The Balaban J connectivity index is 3.14. The topological polar surface area (TPSA) is 17.1 Å². The molecule has 0 unspecified atom stereocenters. The zero-order valence-electron chi connectivity index (χ0n) is 7.81. The predicted octanol–water partition coefficient (Wildman–Crippen LogP) is 3.18. The molecule has 0 radical (unpaired) electrons. The zero-order chi connectivity index (χ0) is 8.53. The van der Waals surface area contributed by atoms with Gasteiger partial charge in [-0.3, -0.25) is 0 Å². The van der Waals surface area contributed by atoms with Crippen molar-refractivity contribution in [1.29, 1.82) is 0 Å². The summed E-state index contributed by atoms with van der Waals surface area (Å²) in [6.07, 6.45) is 8.32. The second kappa shape index (κ2) is 7.77. The van der Waals surface area contributed by atoms with E-state index in [-0.39, 0.29) is 0 Å². The molecule has 1 atom stereocenters. The molecule has 0 aromatic rings. The Morgan fingerprint density at radius 3 is 2.36 bits per heavy atom. The van der Waals surface area contributed by atoms with Gasteiger partial charge in [-0.1, -0.05) is 39.5 Å². The smallest absolute Gasteiger partial charge is 0.123 e. The van der Waals surface area contributed by atoms with Crippen molar-refractivity contribution in [3.8, 4) is 0 Å². The van der Waals surface area contributed by atoms with Crippen molar-refractivity contribution in [3.63, 3.8) is 0 Å². The highest BCUT2D eigenvalue weighted by molar-refractivity contribution is 5.53. The average molecular weight is 156 g/mol. The minimum atomic E-state index is 0.326. The van der Waals surface area contributed by atoms with Gasteiger partial charge in [-0.2, -0.15) is 0 Å². The van der Waals surface area contributed by atoms with Crippen LogP contribution in [-0.2, 0) is 4.79 Å². The summed E-state index contributed by atoms with van der Waals surface area (Å²) >= 11 is 0. The molecule has 0 aromatic carbocycles. The fraction of sp³-hybridized carbons (Fsp3) is 0.900. The number of hydrogen-bond donors (Lipinski definition) is 0. The van der Waals surface area contributed by atoms with Gasteiger partial charge >= 0.3 is 0 Å². The van der Waals surface area contributed by atoms with Crippen molar-refractivity contribution < 1.29 is 4.79 Å². The number of carbonyl (C=O) groups is 1. The Labute approximate surface area is 70.2 Å². The lowest BCUT2D eigenvalue weighted by atomic mass is 10.00. The molecule has 0 aliphatic rings. The lowest BCUT2D eigenvalue weighted by molar-refractivity contribution is -0.111. The van der Waals surface area contributed by atoms with E-state index in [0.717, 1.165) is 19.1 Å². The molecule has 11 heavy (non-hydrogen) atoms. The van der Waals surface area contributed by atoms with Crippen molar-refractivity contribution in [2.75, 3.05) is 0 Å². The van der Waals surface area contributed by atoms with Crippen molar-refractivity contribution in [1.82, 2.24) is 0 Å². The van der Waals surface area contributed by atoms with Gasteiger partial charge in [-0.15, -0.1) is 0 Å². The van der Waals surface area contributed by atoms with E-state index in [4.69, 9.17) is 0 Å². The molecule has 0 saturated carbocycles. The molecular formula is C10H20O. The molecule has 0 aromatic heterocycles. The van der Waals surface area contributed by atoms with Crippen LogP contribution >= 0.6 is 0 Å². The molecular weight excluding hydrogens is 136 g/mol. The van der Waals surface area contributed by atoms with Crippen LogP contribution in [-0.4, -0.2) is 6.29 Å². The number of unbranched alkanes of at least 4 members (excludes halogenated alkanes) is 3. The molecule has 0 saturated heterocycles. The van der Waals surface area contributed by atoms with Crippen molar-refractivity contribution in [2.45, 2.75) is 52.4 Å². The van der Waals surface area contributed by atoms with Gasteiger partial charge in [0.25, 0.3) is 0 Å². The summed E-state index contributed by atoms with van der Waals surface area (Å²) in [7, 11) is 0. The van der Waals surface area contributed by atoms with Crippen molar-refractivity contribution in [3.05, 3.63) is 0 Å². The van der Waals surface area contributed by atoms with E-state index >= 15 is 0 Å². The van der Waals surface area contributed by atoms with Crippen LogP contribution in [0, 0.1) is 5.92 Å². The number of hydrogen-bond acceptors (Lipinski definition) is 1. The summed E-state index contributed by atoms with van der Waals surface area (Å²) in [6.45, 7) is 4.29. The van der Waals surface area contributed by atoms with Gasteiger partial charge in [0.15, 0.2) is 0 Å². The third-order valence-corrected chi connectivity index (χ3v) is 2.15. The third kappa shape index (κ3) is 6.08. The highest BCUT2D eigenvalue weighted by Crippen LogP contribution is 2.11. The number of aldehydes is 1. The molecule has 1 heteroatoms. The molecule has 0 aliphatic carbocycles. The molecule has 0 fully saturated rings. The van der Waals surface area contributed by atoms with Crippen LogP contribution in [0.4, 0.5) is 0 Å². The summed E-state index contributed by atoms with van der Waals surface area (Å²) in [4.78, 5) is 10.4. The fourth-order valence-corrected chi connectivity index (χ4v) is 1.20. The van der Waals surface area contributed by atoms with Gasteiger partial charge < -0.3 is 4.79 Å². The quantitative estimate of drug-likeness (QED) is 0.408. The van der Waals surface area contributed by atoms with E-state index in [1.807, 2.05) is 0 Å². The summed E-state index contributed by atoms with van der Waals surface area (Å²) in [5.74, 6) is 0.326. The van der Waals surface area contributed by atoms with E-state index in [1.54, 1.807) is 0 Å². The zero-order valence-corrected chi connectivity index (χ0v) is 7.81. The van der Waals surface area contributed by atoms with Crippen molar-refractivity contribution in [2.24, 2.45) is 5.92 Å². The number of carbonyl (C=O) groups excluding carboxylic acids is 1. The minimum Gasteiger partial charge on any atom is -0.303 e. The van der Waals surface area contributed by atoms with Gasteiger partial charge in [0.2, 0.25) is 0 Å². The minimum absolute atomic E-state index is 0.326. The second-order valence-corrected chi connectivity index (χ2v) is 3.15. The van der Waals surface area contributed by atoms with Gasteiger partial charge in [-0.05, 0) is 12.8 Å². The van der Waals surface area contributed by atoms with Crippen LogP contribution in [0.15, 0.2) is 0 Å².